The lowest BCUT2D eigenvalue weighted by atomic mass is 10.2. The maximum absolute atomic E-state index is 12.2. The molecule has 0 saturated carbocycles. The first-order valence-electron chi connectivity index (χ1n) is 6.22. The normalized spacial score (nSPS) is 25.8. The molecule has 0 bridgehead atoms. The highest BCUT2D eigenvalue weighted by atomic mass is 32.2. The number of rotatable bonds is 4. The molecule has 18 heavy (non-hydrogen) atoms. The molecule has 5 nitrogen and oxygen atoms in total. The zero-order chi connectivity index (χ0) is 14.2. The van der Waals surface area contributed by atoms with Gasteiger partial charge in [-0.1, -0.05) is 20.3 Å². The van der Waals surface area contributed by atoms with Crippen molar-refractivity contribution in [1.29, 1.82) is 0 Å². The molecule has 1 aliphatic rings. The minimum absolute atomic E-state index is 0.0636. The molecule has 0 aromatic heterocycles. The zero-order valence-electron chi connectivity index (χ0n) is 11.5. The summed E-state index contributed by atoms with van der Waals surface area (Å²) in [6, 6.07) is 0. The Kier molecular flexibility index (Phi) is 4.50. The molecule has 0 aliphatic carbocycles. The highest BCUT2D eigenvalue weighted by Gasteiger charge is 2.43. The van der Waals surface area contributed by atoms with Gasteiger partial charge in [-0.25, -0.2) is 16.8 Å². The van der Waals surface area contributed by atoms with E-state index >= 15 is 0 Å². The molecule has 1 rings (SSSR count). The van der Waals surface area contributed by atoms with Crippen LogP contribution in [0.4, 0.5) is 0 Å². The van der Waals surface area contributed by atoms with Gasteiger partial charge in [0.15, 0.2) is 9.84 Å². The van der Waals surface area contributed by atoms with Crippen molar-refractivity contribution in [3.8, 4) is 0 Å². The van der Waals surface area contributed by atoms with Crippen molar-refractivity contribution in [3.05, 3.63) is 0 Å². The smallest absolute Gasteiger partial charge is 0.214 e. The third-order valence-corrected chi connectivity index (χ3v) is 8.22. The van der Waals surface area contributed by atoms with Crippen LogP contribution in [-0.4, -0.2) is 50.5 Å². The molecular formula is C11H23NO4S2. The molecule has 1 aliphatic heterocycles. The van der Waals surface area contributed by atoms with Crippen LogP contribution in [-0.2, 0) is 19.9 Å². The van der Waals surface area contributed by atoms with Crippen LogP contribution in [0.5, 0.6) is 0 Å². The van der Waals surface area contributed by atoms with Crippen LogP contribution in [0.3, 0.4) is 0 Å². The first-order chi connectivity index (χ1) is 8.02. The monoisotopic (exact) mass is 297 g/mol. The molecule has 0 unspecified atom stereocenters. The fourth-order valence-electron chi connectivity index (χ4n) is 1.92. The van der Waals surface area contributed by atoms with Crippen molar-refractivity contribution in [2.75, 3.05) is 24.6 Å². The standard InChI is InChI=1S/C11H23NO4S2/c1-5-10(2)8-18(15,16)12-6-7-17(13,14)11(3,4)9-12/h10H,5-9H2,1-4H3/t10-/m0/s1. The van der Waals surface area contributed by atoms with Crippen LogP contribution in [0.1, 0.15) is 34.1 Å². The Bertz CT molecular complexity index is 493. The Morgan fingerprint density at radius 2 is 1.89 bits per heavy atom. The summed E-state index contributed by atoms with van der Waals surface area (Å²) in [5.74, 6) is 0.107. The highest BCUT2D eigenvalue weighted by Crippen LogP contribution is 2.26. The Labute approximate surface area is 111 Å². The predicted molar refractivity (Wildman–Crippen MR) is 72.7 cm³/mol. The largest absolute Gasteiger partial charge is 0.228 e. The maximum Gasteiger partial charge on any atom is 0.214 e. The van der Waals surface area contributed by atoms with E-state index in [9.17, 15) is 16.8 Å². The lowest BCUT2D eigenvalue weighted by Crippen LogP contribution is -2.55. The Balaban J connectivity index is 2.88. The van der Waals surface area contributed by atoms with Gasteiger partial charge in [-0.2, -0.15) is 4.31 Å². The van der Waals surface area contributed by atoms with E-state index < -0.39 is 24.6 Å². The second kappa shape index (κ2) is 5.09. The van der Waals surface area contributed by atoms with Crippen molar-refractivity contribution >= 4 is 19.9 Å². The van der Waals surface area contributed by atoms with Gasteiger partial charge in [-0.3, -0.25) is 0 Å². The summed E-state index contributed by atoms with van der Waals surface area (Å²) in [4.78, 5) is 0. The maximum atomic E-state index is 12.2. The third-order valence-electron chi connectivity index (χ3n) is 3.59. The molecule has 108 valence electrons. The average molecular weight is 297 g/mol. The highest BCUT2D eigenvalue weighted by molar-refractivity contribution is 7.93. The summed E-state index contributed by atoms with van der Waals surface area (Å²) in [5, 5.41) is 0. The summed E-state index contributed by atoms with van der Waals surface area (Å²) < 4.78 is 48.4. The van der Waals surface area contributed by atoms with Gasteiger partial charge in [0.25, 0.3) is 0 Å². The lowest BCUT2D eigenvalue weighted by Gasteiger charge is -2.37. The molecule has 0 aromatic carbocycles. The second-order valence-corrected chi connectivity index (χ2v) is 10.5. The van der Waals surface area contributed by atoms with Gasteiger partial charge in [0, 0.05) is 13.1 Å². The predicted octanol–water partition coefficient (Wildman–Crippen LogP) is 0.871. The number of sulfonamides is 1. The topological polar surface area (TPSA) is 71.5 Å². The fraction of sp³-hybridized carbons (Fsp3) is 1.00. The van der Waals surface area contributed by atoms with Crippen LogP contribution in [0.25, 0.3) is 0 Å². The molecule has 1 saturated heterocycles. The van der Waals surface area contributed by atoms with Crippen molar-refractivity contribution in [2.24, 2.45) is 5.92 Å². The van der Waals surface area contributed by atoms with E-state index in [1.54, 1.807) is 13.8 Å². The van der Waals surface area contributed by atoms with Gasteiger partial charge in [0.1, 0.15) is 0 Å². The van der Waals surface area contributed by atoms with Gasteiger partial charge in [0.2, 0.25) is 10.0 Å². The van der Waals surface area contributed by atoms with Crippen LogP contribution in [0.15, 0.2) is 0 Å². The van der Waals surface area contributed by atoms with Crippen molar-refractivity contribution in [1.82, 2.24) is 4.31 Å². The van der Waals surface area contributed by atoms with E-state index in [0.717, 1.165) is 6.42 Å². The van der Waals surface area contributed by atoms with Crippen molar-refractivity contribution < 1.29 is 16.8 Å². The van der Waals surface area contributed by atoms with E-state index in [1.165, 1.54) is 4.31 Å². The first kappa shape index (κ1) is 15.9. The molecule has 1 fully saturated rings. The van der Waals surface area contributed by atoms with Crippen molar-refractivity contribution in [3.63, 3.8) is 0 Å². The average Bonchev–Trinajstić information content (AvgIpc) is 2.21. The zero-order valence-corrected chi connectivity index (χ0v) is 13.1. The lowest BCUT2D eigenvalue weighted by molar-refractivity contribution is 0.363. The van der Waals surface area contributed by atoms with Crippen LogP contribution in [0.2, 0.25) is 0 Å². The molecular weight excluding hydrogens is 274 g/mol. The molecule has 0 aromatic rings. The first-order valence-corrected chi connectivity index (χ1v) is 9.48. The van der Waals surface area contributed by atoms with Gasteiger partial charge >= 0.3 is 0 Å². The SMILES string of the molecule is CC[C@H](C)CS(=O)(=O)N1CCS(=O)(=O)C(C)(C)C1. The van der Waals surface area contributed by atoms with E-state index in [-0.39, 0.29) is 30.5 Å². The summed E-state index contributed by atoms with van der Waals surface area (Å²) in [6.07, 6.45) is 0.800. The minimum Gasteiger partial charge on any atom is -0.228 e. The molecule has 1 heterocycles. The number of sulfone groups is 1. The Hall–Kier alpha value is -0.140. The van der Waals surface area contributed by atoms with Gasteiger partial charge in [-0.05, 0) is 19.8 Å². The summed E-state index contributed by atoms with van der Waals surface area (Å²) >= 11 is 0. The minimum atomic E-state index is -3.35. The number of hydrogen-bond acceptors (Lipinski definition) is 4. The summed E-state index contributed by atoms with van der Waals surface area (Å²) in [7, 11) is -6.54. The van der Waals surface area contributed by atoms with Crippen LogP contribution < -0.4 is 0 Å². The van der Waals surface area contributed by atoms with Crippen LogP contribution >= 0.6 is 0 Å². The molecule has 0 amide bonds. The third kappa shape index (κ3) is 3.24. The Morgan fingerprint density at radius 3 is 2.33 bits per heavy atom. The second-order valence-electron chi connectivity index (χ2n) is 5.70. The molecule has 0 N–H and O–H groups in total. The molecule has 0 spiro atoms. The molecule has 1 atom stereocenters. The van der Waals surface area contributed by atoms with Gasteiger partial charge < -0.3 is 0 Å². The van der Waals surface area contributed by atoms with Gasteiger partial charge in [0.05, 0.1) is 16.3 Å². The number of hydrogen-bond donors (Lipinski definition) is 0. The Morgan fingerprint density at radius 1 is 1.33 bits per heavy atom. The fourth-order valence-corrected chi connectivity index (χ4v) is 5.54. The van der Waals surface area contributed by atoms with Crippen LogP contribution in [0, 0.1) is 5.92 Å². The molecule has 7 heteroatoms. The van der Waals surface area contributed by atoms with Gasteiger partial charge in [-0.15, -0.1) is 0 Å². The summed E-state index contributed by atoms with van der Waals surface area (Å²) in [5.41, 5.74) is 0. The van der Waals surface area contributed by atoms with E-state index in [2.05, 4.69) is 0 Å². The molecule has 0 radical (unpaired) electrons. The van der Waals surface area contributed by atoms with E-state index in [1.807, 2.05) is 13.8 Å². The number of nitrogens with zero attached hydrogens (tertiary/aromatic N) is 1. The van der Waals surface area contributed by atoms with Crippen molar-refractivity contribution in [2.45, 2.75) is 38.9 Å². The quantitative estimate of drug-likeness (QED) is 0.772. The van der Waals surface area contributed by atoms with E-state index in [4.69, 9.17) is 0 Å². The summed E-state index contributed by atoms with van der Waals surface area (Å²) in [6.45, 7) is 7.17. The van der Waals surface area contributed by atoms with E-state index in [0.29, 0.717) is 0 Å².